The van der Waals surface area contributed by atoms with E-state index in [1.54, 1.807) is 11.3 Å². The maximum absolute atomic E-state index is 5.61. The predicted molar refractivity (Wildman–Crippen MR) is 240 cm³/mol. The molecule has 0 atom stereocenters. The number of fused-ring (bicyclic) bond motifs is 16. The van der Waals surface area contributed by atoms with Crippen LogP contribution in [0.4, 0.5) is 0 Å². The highest BCUT2D eigenvalue weighted by molar-refractivity contribution is 7.26. The number of rotatable bonds is 2. The second-order valence-electron chi connectivity index (χ2n) is 15.7. The molecule has 262 valence electrons. The first-order chi connectivity index (χ1) is 27.5. The lowest BCUT2D eigenvalue weighted by Crippen LogP contribution is -2.14. The molecule has 0 bridgehead atoms. The Bertz CT molecular complexity index is 3690. The zero-order valence-corrected chi connectivity index (χ0v) is 32.2. The lowest BCUT2D eigenvalue weighted by Gasteiger charge is -2.21. The van der Waals surface area contributed by atoms with Gasteiger partial charge in [0.2, 0.25) is 5.95 Å². The second-order valence-corrected chi connectivity index (χ2v) is 17.9. The van der Waals surface area contributed by atoms with Crippen molar-refractivity contribution in [2.45, 2.75) is 19.3 Å². The largest absolute Gasteiger partial charge is 0.278 e. The minimum atomic E-state index is -0.0610. The number of nitrogens with zero attached hydrogens (tertiary/aromatic N) is 3. The molecule has 56 heavy (non-hydrogen) atoms. The summed E-state index contributed by atoms with van der Waals surface area (Å²) in [5.74, 6) is 0.689. The Balaban J connectivity index is 1.15. The average Bonchev–Trinajstić information content (AvgIpc) is 3.96. The molecular formula is C51H31N3S2. The first-order valence-electron chi connectivity index (χ1n) is 19.2. The normalized spacial score (nSPS) is 13.7. The summed E-state index contributed by atoms with van der Waals surface area (Å²) in [5.41, 5.74) is 10.7. The fourth-order valence-corrected chi connectivity index (χ4v) is 12.0. The maximum atomic E-state index is 5.61. The lowest BCUT2D eigenvalue weighted by atomic mass is 9.82. The number of para-hydroxylation sites is 1. The van der Waals surface area contributed by atoms with Crippen LogP contribution in [0.2, 0.25) is 0 Å². The van der Waals surface area contributed by atoms with E-state index in [0.717, 1.165) is 32.5 Å². The van der Waals surface area contributed by atoms with Crippen LogP contribution in [-0.4, -0.2) is 14.5 Å². The predicted octanol–water partition coefficient (Wildman–Crippen LogP) is 14.6. The summed E-state index contributed by atoms with van der Waals surface area (Å²) in [6, 6.07) is 56.0. The van der Waals surface area contributed by atoms with Crippen LogP contribution < -0.4 is 0 Å². The van der Waals surface area contributed by atoms with Crippen LogP contribution in [-0.2, 0) is 5.41 Å². The zero-order valence-electron chi connectivity index (χ0n) is 30.6. The molecule has 0 amide bonds. The van der Waals surface area contributed by atoms with Gasteiger partial charge in [0.15, 0.2) is 0 Å². The van der Waals surface area contributed by atoms with Crippen molar-refractivity contribution in [3.63, 3.8) is 0 Å². The topological polar surface area (TPSA) is 30.7 Å². The van der Waals surface area contributed by atoms with E-state index in [-0.39, 0.29) is 5.41 Å². The van der Waals surface area contributed by atoms with Crippen LogP contribution >= 0.6 is 22.7 Å². The van der Waals surface area contributed by atoms with Gasteiger partial charge in [-0.2, -0.15) is 0 Å². The highest BCUT2D eigenvalue weighted by Crippen LogP contribution is 2.52. The van der Waals surface area contributed by atoms with Gasteiger partial charge in [0.25, 0.3) is 0 Å². The van der Waals surface area contributed by atoms with E-state index < -0.39 is 0 Å². The van der Waals surface area contributed by atoms with Crippen molar-refractivity contribution in [1.29, 1.82) is 0 Å². The van der Waals surface area contributed by atoms with Gasteiger partial charge in [0, 0.05) is 52.0 Å². The standard InChI is InChI=1S/C51H31N3S2/c1-51(2)38-16-8-5-15-34(38)45-35-27-36-32-13-6-9-17-40(32)54(41(36)26-29(35)19-22-39(45)51)50-52-47(30-21-23-43-37(25-30)33-14-7-10-18-42(33)55-43)49-48(53-50)46-31-12-4-3-11-28(31)20-24-44(46)56-49/h3-27H,1-2H3. The second kappa shape index (κ2) is 10.9. The fraction of sp³-hybridized carbons (Fsp3) is 0.0588. The number of hydrogen-bond donors (Lipinski definition) is 0. The molecule has 4 heterocycles. The van der Waals surface area contributed by atoms with Crippen molar-refractivity contribution < 1.29 is 0 Å². The summed E-state index contributed by atoms with van der Waals surface area (Å²) in [6.07, 6.45) is 0. The molecule has 0 fully saturated rings. The van der Waals surface area contributed by atoms with Gasteiger partial charge in [-0.1, -0.05) is 123 Å². The summed E-state index contributed by atoms with van der Waals surface area (Å²) in [6.45, 7) is 4.71. The highest BCUT2D eigenvalue weighted by atomic mass is 32.1. The van der Waals surface area contributed by atoms with Gasteiger partial charge in [-0.3, -0.25) is 4.57 Å². The van der Waals surface area contributed by atoms with Crippen molar-refractivity contribution in [3.8, 4) is 28.3 Å². The van der Waals surface area contributed by atoms with E-state index in [0.29, 0.717) is 5.95 Å². The molecule has 0 radical (unpaired) electrons. The Kier molecular flexibility index (Phi) is 6.00. The summed E-state index contributed by atoms with van der Waals surface area (Å²) in [4.78, 5) is 11.2. The Hall–Kier alpha value is -6.40. The summed E-state index contributed by atoms with van der Waals surface area (Å²) in [7, 11) is 0. The third-order valence-electron chi connectivity index (χ3n) is 12.4. The van der Waals surface area contributed by atoms with Crippen LogP contribution in [0.1, 0.15) is 25.0 Å². The SMILES string of the molecule is CC1(C)c2ccccc2-c2c1ccc1cc3c(cc21)c1ccccc1n3-c1nc(-c2ccc3sc4ccccc4c3c2)c2sc3ccc4ccccc4c3c2n1. The van der Waals surface area contributed by atoms with Gasteiger partial charge in [0.05, 0.1) is 26.9 Å². The molecule has 12 aromatic rings. The Morgan fingerprint density at radius 1 is 0.500 bits per heavy atom. The Morgan fingerprint density at radius 3 is 2.18 bits per heavy atom. The fourth-order valence-electron chi connectivity index (χ4n) is 9.77. The zero-order chi connectivity index (χ0) is 36.9. The van der Waals surface area contributed by atoms with Gasteiger partial charge in [-0.25, -0.2) is 9.97 Å². The Labute approximate surface area is 329 Å². The molecule has 1 aliphatic carbocycles. The third-order valence-corrected chi connectivity index (χ3v) is 14.7. The smallest absolute Gasteiger partial charge is 0.235 e. The molecule has 8 aromatic carbocycles. The monoisotopic (exact) mass is 749 g/mol. The van der Waals surface area contributed by atoms with Crippen LogP contribution in [0, 0.1) is 0 Å². The average molecular weight is 750 g/mol. The Morgan fingerprint density at radius 2 is 1.25 bits per heavy atom. The van der Waals surface area contributed by atoms with Crippen molar-refractivity contribution in [1.82, 2.24) is 14.5 Å². The van der Waals surface area contributed by atoms with E-state index >= 15 is 0 Å². The van der Waals surface area contributed by atoms with E-state index in [1.807, 2.05) is 11.3 Å². The maximum Gasteiger partial charge on any atom is 0.235 e. The molecule has 0 spiro atoms. The minimum absolute atomic E-state index is 0.0610. The lowest BCUT2D eigenvalue weighted by molar-refractivity contribution is 0.661. The number of benzene rings is 8. The van der Waals surface area contributed by atoms with Gasteiger partial charge >= 0.3 is 0 Å². The molecule has 0 saturated heterocycles. The van der Waals surface area contributed by atoms with Crippen molar-refractivity contribution in [2.75, 3.05) is 0 Å². The molecule has 0 unspecified atom stereocenters. The minimum Gasteiger partial charge on any atom is -0.278 e. The number of aromatic nitrogens is 3. The molecule has 3 nitrogen and oxygen atoms in total. The molecule has 0 N–H and O–H groups in total. The molecule has 0 saturated carbocycles. The summed E-state index contributed by atoms with van der Waals surface area (Å²) >= 11 is 3.65. The van der Waals surface area contributed by atoms with Gasteiger partial charge in [-0.15, -0.1) is 22.7 Å². The molecule has 13 rings (SSSR count). The van der Waals surface area contributed by atoms with Crippen LogP contribution in [0.25, 0.3) is 112 Å². The molecule has 5 heteroatoms. The van der Waals surface area contributed by atoms with Crippen LogP contribution in [0.3, 0.4) is 0 Å². The van der Waals surface area contributed by atoms with Gasteiger partial charge in [-0.05, 0) is 86.3 Å². The molecule has 1 aliphatic rings. The highest BCUT2D eigenvalue weighted by Gasteiger charge is 2.36. The van der Waals surface area contributed by atoms with E-state index in [2.05, 4.69) is 170 Å². The number of thiophene rings is 2. The molecular weight excluding hydrogens is 719 g/mol. The molecule has 0 aliphatic heterocycles. The van der Waals surface area contributed by atoms with Gasteiger partial charge in [0.1, 0.15) is 0 Å². The van der Waals surface area contributed by atoms with Gasteiger partial charge < -0.3 is 0 Å². The first kappa shape index (κ1) is 30.9. The summed E-state index contributed by atoms with van der Waals surface area (Å²) in [5, 5.41) is 11.1. The van der Waals surface area contributed by atoms with Crippen LogP contribution in [0.5, 0.6) is 0 Å². The third kappa shape index (κ3) is 4.01. The van der Waals surface area contributed by atoms with Crippen molar-refractivity contribution >= 4 is 106 Å². The first-order valence-corrected chi connectivity index (χ1v) is 20.8. The van der Waals surface area contributed by atoms with E-state index in [4.69, 9.17) is 9.97 Å². The summed E-state index contributed by atoms with van der Waals surface area (Å²) < 4.78 is 7.23. The number of hydrogen-bond acceptors (Lipinski definition) is 4. The van der Waals surface area contributed by atoms with Crippen molar-refractivity contribution in [3.05, 3.63) is 163 Å². The van der Waals surface area contributed by atoms with E-state index in [1.165, 1.54) is 84.8 Å². The quantitative estimate of drug-likeness (QED) is 0.176. The van der Waals surface area contributed by atoms with E-state index in [9.17, 15) is 0 Å². The van der Waals surface area contributed by atoms with Crippen LogP contribution in [0.15, 0.2) is 152 Å². The van der Waals surface area contributed by atoms with Crippen molar-refractivity contribution in [2.24, 2.45) is 0 Å². The molecule has 4 aromatic heterocycles.